The third-order valence-electron chi connectivity index (χ3n) is 9.05. The zero-order chi connectivity index (χ0) is 30.0. The third kappa shape index (κ3) is 3.83. The van der Waals surface area contributed by atoms with Gasteiger partial charge < -0.3 is 14.8 Å². The molecule has 4 aromatic carbocycles. The third-order valence-corrected chi connectivity index (χ3v) is 9.58. The summed E-state index contributed by atoms with van der Waals surface area (Å²) >= 11 is 3.44. The van der Waals surface area contributed by atoms with Crippen LogP contribution in [0.2, 0.25) is 0 Å². The summed E-state index contributed by atoms with van der Waals surface area (Å²) < 4.78 is 11.6. The van der Waals surface area contributed by atoms with Crippen LogP contribution in [0.5, 0.6) is 11.5 Å². The molecule has 0 saturated carbocycles. The molecule has 0 aromatic heterocycles. The lowest BCUT2D eigenvalue weighted by molar-refractivity contribution is -0.122. The van der Waals surface area contributed by atoms with Gasteiger partial charge in [-0.15, -0.1) is 0 Å². The summed E-state index contributed by atoms with van der Waals surface area (Å²) in [6.45, 7) is 0.125. The van der Waals surface area contributed by atoms with Crippen LogP contribution in [0.25, 0.3) is 0 Å². The van der Waals surface area contributed by atoms with Crippen molar-refractivity contribution >= 4 is 51.2 Å². The van der Waals surface area contributed by atoms with Gasteiger partial charge in [-0.2, -0.15) is 5.10 Å². The van der Waals surface area contributed by atoms with Gasteiger partial charge in [0.2, 0.25) is 18.6 Å². The Balaban J connectivity index is 1.16. The van der Waals surface area contributed by atoms with Gasteiger partial charge in [0.05, 0.1) is 29.5 Å². The highest BCUT2D eigenvalue weighted by Gasteiger charge is 2.68. The number of imide groups is 1. The average Bonchev–Trinajstić information content (AvgIpc) is 3.62. The van der Waals surface area contributed by atoms with Crippen molar-refractivity contribution in [1.82, 2.24) is 5.43 Å². The zero-order valence-corrected chi connectivity index (χ0v) is 24.8. The Morgan fingerprint density at radius 3 is 2.32 bits per heavy atom. The van der Waals surface area contributed by atoms with Crippen LogP contribution in [0.4, 0.5) is 11.4 Å². The van der Waals surface area contributed by atoms with Crippen molar-refractivity contribution in [3.05, 3.63) is 118 Å². The number of hydrogen-bond acceptors (Lipinski definition) is 7. The molecule has 9 nitrogen and oxygen atoms in total. The van der Waals surface area contributed by atoms with Crippen molar-refractivity contribution in [2.75, 3.05) is 23.6 Å². The standard InChI is InChI=1S/C34H25BrN4O5/c35-19-9-12-21(13-10-19)39-32(41)30-29-22-5-1-3-7-24(22)34(31(30)33(39)42,25-8-4-2-6-23(25)29)17-37-38-28(40)16-36-20-11-14-26-27(15-20)44-18-43-26/h1-15,17,29-31,36H,16,18H2,(H,38,40)/b37-17+/t29?,30-,31+,34?/m1/s1. The lowest BCUT2D eigenvalue weighted by atomic mass is 9.47. The second kappa shape index (κ2) is 10.1. The van der Waals surface area contributed by atoms with Crippen LogP contribution in [0, 0.1) is 11.8 Å². The predicted octanol–water partition coefficient (Wildman–Crippen LogP) is 4.94. The fraction of sp³-hybridized carbons (Fsp3) is 0.176. The fourth-order valence-corrected chi connectivity index (χ4v) is 7.59. The minimum Gasteiger partial charge on any atom is -0.454 e. The number of nitrogens with zero attached hydrogens (tertiary/aromatic N) is 2. The van der Waals surface area contributed by atoms with Crippen LogP contribution in [0.1, 0.15) is 28.2 Å². The fourth-order valence-electron chi connectivity index (χ4n) is 7.33. The Bertz CT molecular complexity index is 1840. The van der Waals surface area contributed by atoms with E-state index in [1.54, 1.807) is 36.5 Å². The maximum Gasteiger partial charge on any atom is 0.259 e. The maximum absolute atomic E-state index is 14.4. The van der Waals surface area contributed by atoms with Crippen molar-refractivity contribution in [3.8, 4) is 11.5 Å². The minimum atomic E-state index is -1.07. The van der Waals surface area contributed by atoms with Gasteiger partial charge in [-0.25, -0.2) is 10.3 Å². The normalized spacial score (nSPS) is 23.8. The van der Waals surface area contributed by atoms with Crippen LogP contribution in [0.3, 0.4) is 0 Å². The Hall–Kier alpha value is -4.96. The number of amides is 3. The Kier molecular flexibility index (Phi) is 6.09. The number of halogens is 1. The van der Waals surface area contributed by atoms with Crippen molar-refractivity contribution in [1.29, 1.82) is 0 Å². The summed E-state index contributed by atoms with van der Waals surface area (Å²) in [5.41, 5.74) is 6.62. The number of hydrogen-bond donors (Lipinski definition) is 2. The number of fused-ring (bicyclic) bond motifs is 1. The van der Waals surface area contributed by atoms with Crippen molar-refractivity contribution in [2.24, 2.45) is 16.9 Å². The second-order valence-corrected chi connectivity index (χ2v) is 12.1. The van der Waals surface area contributed by atoms with Crippen LogP contribution in [-0.2, 0) is 19.8 Å². The first-order chi connectivity index (χ1) is 21.5. The van der Waals surface area contributed by atoms with Crippen LogP contribution in [-0.4, -0.2) is 37.3 Å². The van der Waals surface area contributed by atoms with E-state index in [2.05, 4.69) is 31.8 Å². The van der Waals surface area contributed by atoms with E-state index in [9.17, 15) is 14.4 Å². The summed E-state index contributed by atoms with van der Waals surface area (Å²) in [4.78, 5) is 42.9. The van der Waals surface area contributed by atoms with Gasteiger partial charge in [-0.1, -0.05) is 64.5 Å². The molecule has 10 heteroatoms. The number of nitrogens with one attached hydrogen (secondary N) is 2. The van der Waals surface area contributed by atoms with Gasteiger partial charge >= 0.3 is 0 Å². The Labute approximate surface area is 261 Å². The molecule has 0 radical (unpaired) electrons. The Morgan fingerprint density at radius 1 is 0.909 bits per heavy atom. The molecular weight excluding hydrogens is 624 g/mol. The van der Waals surface area contributed by atoms with Crippen LogP contribution < -0.4 is 25.1 Å². The lowest BCUT2D eigenvalue weighted by Gasteiger charge is -2.52. The summed E-state index contributed by atoms with van der Waals surface area (Å²) in [5.74, 6) is -1.25. The number of ether oxygens (including phenoxy) is 2. The lowest BCUT2D eigenvalue weighted by Crippen LogP contribution is -2.54. The van der Waals surface area contributed by atoms with E-state index in [0.717, 1.165) is 26.7 Å². The number of benzene rings is 4. The average molecular weight is 650 g/mol. The highest BCUT2D eigenvalue weighted by Crippen LogP contribution is 2.63. The van der Waals surface area contributed by atoms with Gasteiger partial charge in [-0.05, 0) is 58.7 Å². The minimum absolute atomic E-state index is 0.0416. The summed E-state index contributed by atoms with van der Waals surface area (Å²) in [7, 11) is 0. The molecule has 1 fully saturated rings. The highest BCUT2D eigenvalue weighted by molar-refractivity contribution is 9.10. The van der Waals surface area contributed by atoms with Gasteiger partial charge in [0.15, 0.2) is 11.5 Å². The smallest absolute Gasteiger partial charge is 0.259 e. The van der Waals surface area contributed by atoms with E-state index in [-0.39, 0.29) is 37.0 Å². The van der Waals surface area contributed by atoms with E-state index in [0.29, 0.717) is 22.9 Å². The molecule has 3 aliphatic carbocycles. The SMILES string of the molecule is O=C(CNc1ccc2c(c1)OCO2)N/N=C/C12c3ccccc3C(c3ccccc31)[C@H]1C(=O)N(c3ccc(Br)cc3)C(=O)[C@H]12. The molecule has 2 N–H and O–H groups in total. The zero-order valence-electron chi connectivity index (χ0n) is 23.2. The van der Waals surface area contributed by atoms with E-state index < -0.39 is 17.3 Å². The maximum atomic E-state index is 14.4. The number of hydrazone groups is 1. The van der Waals surface area contributed by atoms with Crippen molar-refractivity contribution < 1.29 is 23.9 Å². The molecule has 3 amide bonds. The van der Waals surface area contributed by atoms with E-state index >= 15 is 0 Å². The van der Waals surface area contributed by atoms with Gasteiger partial charge in [-0.3, -0.25) is 14.4 Å². The molecule has 2 atom stereocenters. The van der Waals surface area contributed by atoms with Gasteiger partial charge in [0, 0.05) is 28.4 Å². The van der Waals surface area contributed by atoms with Crippen molar-refractivity contribution in [3.63, 3.8) is 0 Å². The first kappa shape index (κ1) is 26.7. The number of anilines is 2. The molecule has 0 spiro atoms. The van der Waals surface area contributed by atoms with E-state index in [1.165, 1.54) is 4.90 Å². The molecule has 2 heterocycles. The molecule has 2 aliphatic heterocycles. The number of rotatable bonds is 6. The Morgan fingerprint density at radius 2 is 1.59 bits per heavy atom. The largest absolute Gasteiger partial charge is 0.454 e. The molecule has 0 unspecified atom stereocenters. The van der Waals surface area contributed by atoms with Gasteiger partial charge in [0.1, 0.15) is 0 Å². The molecule has 4 aromatic rings. The molecule has 44 heavy (non-hydrogen) atoms. The summed E-state index contributed by atoms with van der Waals surface area (Å²) in [6.07, 6.45) is 1.66. The summed E-state index contributed by atoms with van der Waals surface area (Å²) in [5, 5.41) is 7.53. The molecule has 9 rings (SSSR count). The predicted molar refractivity (Wildman–Crippen MR) is 167 cm³/mol. The molecule has 2 bridgehead atoms. The molecule has 218 valence electrons. The van der Waals surface area contributed by atoms with Crippen molar-refractivity contribution in [2.45, 2.75) is 11.3 Å². The first-order valence-electron chi connectivity index (χ1n) is 14.3. The molecular formula is C34H25BrN4O5. The quantitative estimate of drug-likeness (QED) is 0.174. The number of carbonyl (C=O) groups excluding carboxylic acids is 3. The van der Waals surface area contributed by atoms with E-state index in [1.807, 2.05) is 60.7 Å². The highest BCUT2D eigenvalue weighted by atomic mass is 79.9. The van der Waals surface area contributed by atoms with E-state index in [4.69, 9.17) is 9.47 Å². The topological polar surface area (TPSA) is 109 Å². The van der Waals surface area contributed by atoms with Crippen LogP contribution >= 0.6 is 15.9 Å². The monoisotopic (exact) mass is 648 g/mol. The number of carbonyl (C=O) groups is 3. The van der Waals surface area contributed by atoms with Crippen LogP contribution in [0.15, 0.2) is 101 Å². The van der Waals surface area contributed by atoms with Gasteiger partial charge in [0.25, 0.3) is 5.91 Å². The molecule has 1 saturated heterocycles. The summed E-state index contributed by atoms with van der Waals surface area (Å²) in [6, 6.07) is 28.4. The molecule has 5 aliphatic rings. The first-order valence-corrected chi connectivity index (χ1v) is 15.1. The second-order valence-electron chi connectivity index (χ2n) is 11.2.